The van der Waals surface area contributed by atoms with E-state index in [0.717, 1.165) is 44.1 Å². The number of fused-ring (bicyclic) bond motifs is 7. The summed E-state index contributed by atoms with van der Waals surface area (Å²) in [6.45, 7) is 8.73. The van der Waals surface area contributed by atoms with Crippen LogP contribution in [0.1, 0.15) is 39.1 Å². The molecule has 0 radical (unpaired) electrons. The molecule has 48 heavy (non-hydrogen) atoms. The Morgan fingerprint density at radius 2 is 0.833 bits per heavy atom. The average Bonchev–Trinajstić information content (AvgIpc) is 3.67. The van der Waals surface area contributed by atoms with Gasteiger partial charge in [0.15, 0.2) is 0 Å². The third-order valence-electron chi connectivity index (χ3n) is 9.37. The molecular weight excluding hydrogens is 625 g/mol. The molecular formula is C42H34N4S2. The fraction of sp³-hybridized carbons (Fsp3) is 0.190. The molecule has 4 heterocycles. The van der Waals surface area contributed by atoms with Crippen LogP contribution in [0.5, 0.6) is 0 Å². The second kappa shape index (κ2) is 11.0. The summed E-state index contributed by atoms with van der Waals surface area (Å²) in [5, 5.41) is 11.9. The first kappa shape index (κ1) is 29.6. The lowest BCUT2D eigenvalue weighted by Gasteiger charge is -2.21. The summed E-state index contributed by atoms with van der Waals surface area (Å²) < 4.78 is 0. The predicted octanol–water partition coefficient (Wildman–Crippen LogP) is 11.0. The number of hydrogen-bond acceptors (Lipinski definition) is 6. The van der Waals surface area contributed by atoms with Crippen molar-refractivity contribution in [2.45, 2.75) is 38.8 Å². The molecule has 0 atom stereocenters. The van der Waals surface area contributed by atoms with Crippen molar-refractivity contribution in [3.63, 3.8) is 0 Å². The van der Waals surface area contributed by atoms with Crippen LogP contribution in [0.2, 0.25) is 0 Å². The molecule has 0 saturated heterocycles. The summed E-state index contributed by atoms with van der Waals surface area (Å²) in [5.74, 6) is 1.95. The molecule has 4 nitrogen and oxygen atoms in total. The van der Waals surface area contributed by atoms with Crippen LogP contribution in [0.3, 0.4) is 0 Å². The molecule has 0 aliphatic carbocycles. The number of aliphatic imine (C=N–C) groups is 2. The maximum absolute atomic E-state index is 5.02. The molecule has 6 heteroatoms. The monoisotopic (exact) mass is 658 g/mol. The Kier molecular flexibility index (Phi) is 6.79. The molecule has 7 aromatic rings. The van der Waals surface area contributed by atoms with Gasteiger partial charge in [-0.2, -0.15) is 0 Å². The fourth-order valence-corrected chi connectivity index (χ4v) is 9.49. The van der Waals surface area contributed by atoms with Crippen LogP contribution in [-0.2, 0) is 0 Å². The lowest BCUT2D eigenvalue weighted by Crippen LogP contribution is -2.15. The first-order valence-electron chi connectivity index (χ1n) is 16.4. The maximum atomic E-state index is 5.02. The molecule has 0 spiro atoms. The van der Waals surface area contributed by atoms with Gasteiger partial charge < -0.3 is 0 Å². The summed E-state index contributed by atoms with van der Waals surface area (Å²) >= 11 is 3.59. The second-order valence-electron chi connectivity index (χ2n) is 14.0. The fourth-order valence-electron chi connectivity index (χ4n) is 7.22. The minimum Gasteiger partial charge on any atom is -0.269 e. The summed E-state index contributed by atoms with van der Waals surface area (Å²) in [5.41, 5.74) is 6.37. The topological polar surface area (TPSA) is 50.5 Å². The zero-order valence-electron chi connectivity index (χ0n) is 27.4. The molecule has 0 fully saturated rings. The standard InChI is InChI=1S/C42H34N4S2/c1-41(2)23-47-39(45-41)33-19-17-25(21-43-33)35-31-15-9-10-16-32(31)36(26-18-20-34(44-22-26)40-46-42(3,4)24-48-40)38-30-14-8-6-12-28(30)27-11-5-7-13-29(27)37(35)38/h5-22H,23-24H2,1-4H3. The van der Waals surface area contributed by atoms with E-state index in [1.54, 1.807) is 23.5 Å². The van der Waals surface area contributed by atoms with Gasteiger partial charge in [-0.1, -0.05) is 84.9 Å². The number of nitrogens with zero attached hydrogens (tertiary/aromatic N) is 4. The Hall–Kier alpha value is -4.52. The molecule has 0 saturated carbocycles. The number of rotatable bonds is 4. The smallest absolute Gasteiger partial charge is 0.117 e. The Morgan fingerprint density at radius 3 is 1.17 bits per heavy atom. The van der Waals surface area contributed by atoms with Crippen LogP contribution in [-0.4, -0.2) is 42.6 Å². The van der Waals surface area contributed by atoms with E-state index in [1.165, 1.54) is 54.2 Å². The largest absolute Gasteiger partial charge is 0.269 e. The van der Waals surface area contributed by atoms with Crippen molar-refractivity contribution in [2.75, 3.05) is 11.5 Å². The van der Waals surface area contributed by atoms with Crippen molar-refractivity contribution in [2.24, 2.45) is 9.98 Å². The van der Waals surface area contributed by atoms with Gasteiger partial charge in [-0.3, -0.25) is 20.0 Å². The Bertz CT molecular complexity index is 2320. The Labute approximate surface area is 288 Å². The van der Waals surface area contributed by atoms with Gasteiger partial charge in [-0.15, -0.1) is 23.5 Å². The van der Waals surface area contributed by atoms with Crippen molar-refractivity contribution in [1.82, 2.24) is 9.97 Å². The van der Waals surface area contributed by atoms with Crippen LogP contribution < -0.4 is 0 Å². The lowest BCUT2D eigenvalue weighted by atomic mass is 9.82. The quantitative estimate of drug-likeness (QED) is 0.139. The normalized spacial score (nSPS) is 17.0. The minimum absolute atomic E-state index is 0.0599. The molecule has 0 N–H and O–H groups in total. The predicted molar refractivity (Wildman–Crippen MR) is 209 cm³/mol. The van der Waals surface area contributed by atoms with Crippen molar-refractivity contribution >= 4 is 76.7 Å². The lowest BCUT2D eigenvalue weighted by molar-refractivity contribution is 0.604. The molecule has 0 bridgehead atoms. The molecule has 0 amide bonds. The molecule has 234 valence electrons. The van der Waals surface area contributed by atoms with E-state index in [-0.39, 0.29) is 11.1 Å². The van der Waals surface area contributed by atoms with E-state index in [4.69, 9.17) is 20.0 Å². The van der Waals surface area contributed by atoms with Crippen molar-refractivity contribution in [3.05, 3.63) is 121 Å². The second-order valence-corrected chi connectivity index (χ2v) is 16.0. The van der Waals surface area contributed by atoms with Crippen molar-refractivity contribution in [1.29, 1.82) is 0 Å². The SMILES string of the molecule is CC1(C)CSC(c2ccc(-c3c4ccccc4c(-c4ccc(C5=NC(C)(C)CS5)nc4)c4c5ccccc5c5ccccc5c34)cn2)=N1. The van der Waals surface area contributed by atoms with Crippen LogP contribution in [0, 0.1) is 0 Å². The van der Waals surface area contributed by atoms with E-state index in [0.29, 0.717) is 0 Å². The van der Waals surface area contributed by atoms with E-state index in [9.17, 15) is 0 Å². The number of thioether (sulfide) groups is 2. The number of aromatic nitrogens is 2. The van der Waals surface area contributed by atoms with E-state index >= 15 is 0 Å². The highest BCUT2D eigenvalue weighted by Crippen LogP contribution is 2.49. The molecule has 5 aromatic carbocycles. The zero-order chi connectivity index (χ0) is 32.6. The molecule has 9 rings (SSSR count). The zero-order valence-corrected chi connectivity index (χ0v) is 29.0. The minimum atomic E-state index is -0.0599. The average molecular weight is 659 g/mol. The number of hydrogen-bond donors (Lipinski definition) is 0. The highest BCUT2D eigenvalue weighted by Gasteiger charge is 2.28. The highest BCUT2D eigenvalue weighted by molar-refractivity contribution is 8.15. The maximum Gasteiger partial charge on any atom is 0.117 e. The van der Waals surface area contributed by atoms with Crippen LogP contribution >= 0.6 is 23.5 Å². The van der Waals surface area contributed by atoms with Gasteiger partial charge in [-0.05, 0) is 94.0 Å². The van der Waals surface area contributed by atoms with Gasteiger partial charge in [0.1, 0.15) is 10.1 Å². The third kappa shape index (κ3) is 4.84. The highest BCUT2D eigenvalue weighted by atomic mass is 32.2. The summed E-state index contributed by atoms with van der Waals surface area (Å²) in [4.78, 5) is 20.0. The number of pyridine rings is 2. The van der Waals surface area contributed by atoms with Crippen LogP contribution in [0.4, 0.5) is 0 Å². The Morgan fingerprint density at radius 1 is 0.458 bits per heavy atom. The van der Waals surface area contributed by atoms with Gasteiger partial charge in [-0.25, -0.2) is 0 Å². The molecule has 0 unspecified atom stereocenters. The summed E-state index contributed by atoms with van der Waals surface area (Å²) in [7, 11) is 0. The van der Waals surface area contributed by atoms with Crippen LogP contribution in [0.15, 0.2) is 119 Å². The van der Waals surface area contributed by atoms with E-state index < -0.39 is 0 Å². The molecule has 2 aliphatic heterocycles. The van der Waals surface area contributed by atoms with Crippen molar-refractivity contribution < 1.29 is 0 Å². The van der Waals surface area contributed by atoms with Gasteiger partial charge in [0, 0.05) is 35.0 Å². The summed E-state index contributed by atoms with van der Waals surface area (Å²) in [6.07, 6.45) is 4.10. The third-order valence-corrected chi connectivity index (χ3v) is 12.2. The van der Waals surface area contributed by atoms with Crippen molar-refractivity contribution in [3.8, 4) is 22.3 Å². The first-order chi connectivity index (χ1) is 23.3. The molecule has 2 aromatic heterocycles. The van der Waals surface area contributed by atoms with E-state index in [1.807, 2.05) is 12.4 Å². The summed E-state index contributed by atoms with van der Waals surface area (Å²) in [6, 6.07) is 35.3. The van der Waals surface area contributed by atoms with Gasteiger partial charge in [0.05, 0.1) is 22.5 Å². The number of benzene rings is 5. The molecule has 2 aliphatic rings. The van der Waals surface area contributed by atoms with Crippen LogP contribution in [0.25, 0.3) is 65.3 Å². The van der Waals surface area contributed by atoms with Gasteiger partial charge >= 0.3 is 0 Å². The Balaban J connectivity index is 1.37. The first-order valence-corrected chi connectivity index (χ1v) is 18.4. The van der Waals surface area contributed by atoms with Gasteiger partial charge in [0.25, 0.3) is 0 Å². The van der Waals surface area contributed by atoms with Gasteiger partial charge in [0.2, 0.25) is 0 Å². The van der Waals surface area contributed by atoms with E-state index in [2.05, 4.69) is 125 Å².